The maximum atomic E-state index is 13.3. The van der Waals surface area contributed by atoms with Crippen LogP contribution in [0.1, 0.15) is 24.1 Å². The van der Waals surface area contributed by atoms with Crippen LogP contribution >= 0.6 is 11.6 Å². The Morgan fingerprint density at radius 2 is 1.79 bits per heavy atom. The summed E-state index contributed by atoms with van der Waals surface area (Å²) < 4.78 is 7.64. The largest absolute Gasteiger partial charge is 0.489 e. The number of hydrogen-bond acceptors (Lipinski definition) is 5. The van der Waals surface area contributed by atoms with Gasteiger partial charge >= 0.3 is 0 Å². The van der Waals surface area contributed by atoms with Gasteiger partial charge in [0.25, 0.3) is 5.91 Å². The molecule has 1 aliphatic rings. The minimum absolute atomic E-state index is 0.207. The standard InChI is InChI=1S/C26H22ClN5O2/c1-17-23(25(33)31-20-8-3-2-4-9-20)24(32-26(30-17)28-16-29-32)18-11-13-21(14-12-18)34-15-19-7-5-6-10-22(19)27/h2-14,16,24H,15H2,1H3,(H,31,33)(H,28,29,30)/t24-/m1/s1. The van der Waals surface area contributed by atoms with Crippen LogP contribution in [0.15, 0.2) is 96.5 Å². The number of fused-ring (bicyclic) bond motifs is 1. The number of aromatic nitrogens is 3. The Balaban J connectivity index is 1.42. The second kappa shape index (κ2) is 9.41. The molecule has 0 radical (unpaired) electrons. The molecular weight excluding hydrogens is 450 g/mol. The van der Waals surface area contributed by atoms with Gasteiger partial charge in [-0.3, -0.25) is 4.79 Å². The summed E-state index contributed by atoms with van der Waals surface area (Å²) in [5.41, 5.74) is 3.80. The van der Waals surface area contributed by atoms with Gasteiger partial charge in [-0.05, 0) is 42.8 Å². The molecule has 0 saturated carbocycles. The minimum Gasteiger partial charge on any atom is -0.489 e. The fourth-order valence-electron chi connectivity index (χ4n) is 3.94. The summed E-state index contributed by atoms with van der Waals surface area (Å²) in [5, 5.41) is 11.2. The molecule has 1 aromatic heterocycles. The molecule has 2 heterocycles. The van der Waals surface area contributed by atoms with Crippen molar-refractivity contribution >= 4 is 29.1 Å². The molecule has 3 aromatic carbocycles. The smallest absolute Gasteiger partial charge is 0.255 e. The average molecular weight is 472 g/mol. The lowest BCUT2D eigenvalue weighted by atomic mass is 9.95. The van der Waals surface area contributed by atoms with Crippen LogP contribution in [0.4, 0.5) is 11.6 Å². The van der Waals surface area contributed by atoms with E-state index in [0.29, 0.717) is 28.9 Å². The summed E-state index contributed by atoms with van der Waals surface area (Å²) in [6, 6.07) is 24.2. The number of para-hydroxylation sites is 1. The number of carbonyl (C=O) groups is 1. The van der Waals surface area contributed by atoms with Gasteiger partial charge in [0.15, 0.2) is 0 Å². The zero-order chi connectivity index (χ0) is 23.5. The summed E-state index contributed by atoms with van der Waals surface area (Å²) >= 11 is 6.23. The number of allylic oxidation sites excluding steroid dienone is 1. The van der Waals surface area contributed by atoms with Gasteiger partial charge in [0.1, 0.15) is 24.7 Å². The molecule has 5 rings (SSSR count). The lowest BCUT2D eigenvalue weighted by Crippen LogP contribution is -2.31. The number of nitrogens with zero attached hydrogens (tertiary/aromatic N) is 3. The van der Waals surface area contributed by atoms with E-state index in [9.17, 15) is 4.79 Å². The second-order valence-corrected chi connectivity index (χ2v) is 8.27. The van der Waals surface area contributed by atoms with Crippen molar-refractivity contribution in [1.82, 2.24) is 14.8 Å². The first kappa shape index (κ1) is 21.7. The number of ether oxygens (including phenoxy) is 1. The molecule has 1 amide bonds. The number of carbonyl (C=O) groups excluding carboxylic acids is 1. The number of nitrogens with one attached hydrogen (secondary N) is 2. The maximum absolute atomic E-state index is 13.3. The molecule has 0 saturated heterocycles. The van der Waals surface area contributed by atoms with Gasteiger partial charge in [-0.15, -0.1) is 0 Å². The first-order chi connectivity index (χ1) is 16.6. The Morgan fingerprint density at radius 1 is 1.06 bits per heavy atom. The number of halogens is 1. The minimum atomic E-state index is -0.444. The van der Waals surface area contributed by atoms with Crippen LogP contribution in [0.25, 0.3) is 0 Å². The molecule has 0 bridgehead atoms. The van der Waals surface area contributed by atoms with Gasteiger partial charge in [-0.25, -0.2) is 4.68 Å². The summed E-state index contributed by atoms with van der Waals surface area (Å²) in [6.45, 7) is 2.23. The van der Waals surface area contributed by atoms with Crippen molar-refractivity contribution in [2.45, 2.75) is 19.6 Å². The lowest BCUT2D eigenvalue weighted by Gasteiger charge is -2.28. The van der Waals surface area contributed by atoms with Crippen molar-refractivity contribution in [2.75, 3.05) is 10.6 Å². The number of rotatable bonds is 6. The highest BCUT2D eigenvalue weighted by molar-refractivity contribution is 6.31. The van der Waals surface area contributed by atoms with Gasteiger partial charge < -0.3 is 15.4 Å². The molecule has 0 aliphatic carbocycles. The topological polar surface area (TPSA) is 81.1 Å². The van der Waals surface area contributed by atoms with E-state index in [-0.39, 0.29) is 5.91 Å². The maximum Gasteiger partial charge on any atom is 0.255 e. The fourth-order valence-corrected chi connectivity index (χ4v) is 4.13. The highest BCUT2D eigenvalue weighted by Gasteiger charge is 2.33. The third kappa shape index (κ3) is 4.38. The highest BCUT2D eigenvalue weighted by atomic mass is 35.5. The Morgan fingerprint density at radius 3 is 2.56 bits per heavy atom. The predicted molar refractivity (Wildman–Crippen MR) is 132 cm³/mol. The Kier molecular flexibility index (Phi) is 6.01. The van der Waals surface area contributed by atoms with Crippen molar-refractivity contribution < 1.29 is 9.53 Å². The Labute approximate surface area is 202 Å². The molecule has 0 fully saturated rings. The molecule has 4 aromatic rings. The molecule has 2 N–H and O–H groups in total. The van der Waals surface area contributed by atoms with Crippen LogP contribution in [0.3, 0.4) is 0 Å². The monoisotopic (exact) mass is 471 g/mol. The predicted octanol–water partition coefficient (Wildman–Crippen LogP) is 5.44. The van der Waals surface area contributed by atoms with Crippen LogP contribution in [-0.4, -0.2) is 20.7 Å². The third-order valence-corrected chi connectivity index (χ3v) is 5.99. The van der Waals surface area contributed by atoms with Crippen molar-refractivity contribution in [3.8, 4) is 5.75 Å². The zero-order valence-electron chi connectivity index (χ0n) is 18.4. The summed E-state index contributed by atoms with van der Waals surface area (Å²) in [6.07, 6.45) is 1.47. The molecule has 1 atom stereocenters. The van der Waals surface area contributed by atoms with E-state index in [0.717, 1.165) is 22.5 Å². The van der Waals surface area contributed by atoms with Crippen molar-refractivity contribution in [3.63, 3.8) is 0 Å². The molecule has 34 heavy (non-hydrogen) atoms. The number of anilines is 2. The van der Waals surface area contributed by atoms with Crippen LogP contribution in [-0.2, 0) is 11.4 Å². The van der Waals surface area contributed by atoms with Crippen molar-refractivity contribution in [1.29, 1.82) is 0 Å². The van der Waals surface area contributed by atoms with E-state index in [4.69, 9.17) is 16.3 Å². The fraction of sp³-hybridized carbons (Fsp3) is 0.115. The molecular formula is C26H22ClN5O2. The van der Waals surface area contributed by atoms with Crippen LogP contribution in [0.5, 0.6) is 5.75 Å². The molecule has 0 spiro atoms. The van der Waals surface area contributed by atoms with E-state index < -0.39 is 6.04 Å². The van der Waals surface area contributed by atoms with E-state index in [2.05, 4.69) is 20.7 Å². The van der Waals surface area contributed by atoms with Crippen LogP contribution in [0.2, 0.25) is 5.02 Å². The van der Waals surface area contributed by atoms with Crippen LogP contribution in [0, 0.1) is 0 Å². The number of amides is 1. The SMILES string of the molecule is CC1=C(C(=O)Nc2ccccc2)[C@@H](c2ccc(OCc3ccccc3Cl)cc2)n2ncnc2N1. The molecule has 0 unspecified atom stereocenters. The van der Waals surface area contributed by atoms with Crippen molar-refractivity contribution in [2.24, 2.45) is 0 Å². The quantitative estimate of drug-likeness (QED) is 0.391. The van der Waals surface area contributed by atoms with Gasteiger partial charge in [-0.1, -0.05) is 60.1 Å². The van der Waals surface area contributed by atoms with Gasteiger partial charge in [0, 0.05) is 22.0 Å². The summed E-state index contributed by atoms with van der Waals surface area (Å²) in [4.78, 5) is 17.6. The molecule has 7 nitrogen and oxygen atoms in total. The molecule has 8 heteroatoms. The van der Waals surface area contributed by atoms with E-state index in [1.54, 1.807) is 4.68 Å². The zero-order valence-corrected chi connectivity index (χ0v) is 19.2. The van der Waals surface area contributed by atoms with Crippen LogP contribution < -0.4 is 15.4 Å². The molecule has 1 aliphatic heterocycles. The average Bonchev–Trinajstić information content (AvgIpc) is 3.32. The number of hydrogen-bond donors (Lipinski definition) is 2. The number of benzene rings is 3. The first-order valence-corrected chi connectivity index (χ1v) is 11.2. The highest BCUT2D eigenvalue weighted by Crippen LogP contribution is 2.35. The van der Waals surface area contributed by atoms with E-state index in [1.165, 1.54) is 6.33 Å². The van der Waals surface area contributed by atoms with Gasteiger partial charge in [0.2, 0.25) is 5.95 Å². The van der Waals surface area contributed by atoms with Gasteiger partial charge in [-0.2, -0.15) is 10.1 Å². The second-order valence-electron chi connectivity index (χ2n) is 7.86. The summed E-state index contributed by atoms with van der Waals surface area (Å²) in [7, 11) is 0. The normalized spacial score (nSPS) is 14.8. The summed E-state index contributed by atoms with van der Waals surface area (Å²) in [5.74, 6) is 1.08. The van der Waals surface area contributed by atoms with Gasteiger partial charge in [0.05, 0.1) is 5.57 Å². The third-order valence-electron chi connectivity index (χ3n) is 5.62. The van der Waals surface area contributed by atoms with E-state index in [1.807, 2.05) is 85.8 Å². The van der Waals surface area contributed by atoms with Crippen molar-refractivity contribution in [3.05, 3.63) is 113 Å². The first-order valence-electron chi connectivity index (χ1n) is 10.8. The Bertz CT molecular complexity index is 1350. The van der Waals surface area contributed by atoms with E-state index >= 15 is 0 Å². The molecule has 170 valence electrons. The Hall–Kier alpha value is -4.10. The lowest BCUT2D eigenvalue weighted by molar-refractivity contribution is -0.113.